The number of amides is 1. The van der Waals surface area contributed by atoms with Crippen molar-refractivity contribution in [1.82, 2.24) is 5.32 Å². The Bertz CT molecular complexity index is 473. The molecule has 0 spiro atoms. The number of benzene rings is 1. The molecule has 2 fully saturated rings. The highest BCUT2D eigenvalue weighted by molar-refractivity contribution is 5.79. The van der Waals surface area contributed by atoms with Crippen LogP contribution in [-0.4, -0.2) is 39.1 Å². The summed E-state index contributed by atoms with van der Waals surface area (Å²) in [5.41, 5.74) is 2.49. The lowest BCUT2D eigenvalue weighted by molar-refractivity contribution is -0.880. The van der Waals surface area contributed by atoms with Crippen LogP contribution in [0.1, 0.15) is 24.8 Å². The van der Waals surface area contributed by atoms with Crippen molar-refractivity contribution in [3.05, 3.63) is 29.8 Å². The number of carbonyl (C=O) groups excluding carboxylic acids is 1. The highest BCUT2D eigenvalue weighted by Crippen LogP contribution is 2.26. The van der Waals surface area contributed by atoms with E-state index in [9.17, 15) is 4.79 Å². The van der Waals surface area contributed by atoms with Crippen LogP contribution < -0.4 is 15.1 Å². The fourth-order valence-electron chi connectivity index (χ4n) is 2.98. The van der Waals surface area contributed by atoms with Crippen molar-refractivity contribution in [3.8, 4) is 0 Å². The Morgan fingerprint density at radius 3 is 2.48 bits per heavy atom. The molecule has 0 bridgehead atoms. The SMILES string of the molecule is C[NH+]1CCN(c2ccc(CNC(=O)C3CCC3)cc2)CC1. The van der Waals surface area contributed by atoms with Gasteiger partial charge < -0.3 is 15.1 Å². The summed E-state index contributed by atoms with van der Waals surface area (Å²) in [7, 11) is 2.26. The molecule has 114 valence electrons. The summed E-state index contributed by atoms with van der Waals surface area (Å²) in [5, 5.41) is 3.05. The van der Waals surface area contributed by atoms with Crippen molar-refractivity contribution in [2.45, 2.75) is 25.8 Å². The maximum absolute atomic E-state index is 11.8. The van der Waals surface area contributed by atoms with Crippen molar-refractivity contribution >= 4 is 11.6 Å². The van der Waals surface area contributed by atoms with Crippen LogP contribution in [0, 0.1) is 5.92 Å². The first-order valence-corrected chi connectivity index (χ1v) is 8.15. The highest BCUT2D eigenvalue weighted by Gasteiger charge is 2.24. The quantitative estimate of drug-likeness (QED) is 0.843. The number of piperazine rings is 1. The molecular formula is C17H26N3O+. The fourth-order valence-corrected chi connectivity index (χ4v) is 2.98. The molecule has 1 aliphatic carbocycles. The molecule has 1 amide bonds. The Kier molecular flexibility index (Phi) is 4.44. The Morgan fingerprint density at radius 1 is 1.24 bits per heavy atom. The molecule has 2 aliphatic rings. The number of quaternary nitrogens is 1. The lowest BCUT2D eigenvalue weighted by Gasteiger charge is -2.31. The molecule has 4 heteroatoms. The Hall–Kier alpha value is -1.55. The molecule has 4 nitrogen and oxygen atoms in total. The molecule has 2 N–H and O–H groups in total. The summed E-state index contributed by atoms with van der Waals surface area (Å²) >= 11 is 0. The maximum Gasteiger partial charge on any atom is 0.223 e. The van der Waals surface area contributed by atoms with Gasteiger partial charge in [0.2, 0.25) is 5.91 Å². The molecule has 0 aromatic heterocycles. The number of anilines is 1. The first-order valence-electron chi connectivity index (χ1n) is 8.15. The lowest BCUT2D eigenvalue weighted by atomic mass is 9.85. The van der Waals surface area contributed by atoms with Crippen molar-refractivity contribution < 1.29 is 9.69 Å². The van der Waals surface area contributed by atoms with Gasteiger partial charge in [0.25, 0.3) is 0 Å². The van der Waals surface area contributed by atoms with Crippen LogP contribution in [0.25, 0.3) is 0 Å². The van der Waals surface area contributed by atoms with E-state index in [-0.39, 0.29) is 11.8 Å². The van der Waals surface area contributed by atoms with Crippen LogP contribution in [-0.2, 0) is 11.3 Å². The average Bonchev–Trinajstić information content (AvgIpc) is 2.45. The largest absolute Gasteiger partial charge is 0.360 e. The molecule has 1 aromatic rings. The van der Waals surface area contributed by atoms with E-state index in [0.29, 0.717) is 6.54 Å². The first kappa shape index (κ1) is 14.4. The fraction of sp³-hybridized carbons (Fsp3) is 0.588. The van der Waals surface area contributed by atoms with Crippen LogP contribution >= 0.6 is 0 Å². The van der Waals surface area contributed by atoms with Crippen LogP contribution in [0.5, 0.6) is 0 Å². The molecule has 21 heavy (non-hydrogen) atoms. The summed E-state index contributed by atoms with van der Waals surface area (Å²) in [6.45, 7) is 5.33. The van der Waals surface area contributed by atoms with Gasteiger partial charge in [0.05, 0.1) is 33.2 Å². The van der Waals surface area contributed by atoms with E-state index in [4.69, 9.17) is 0 Å². The van der Waals surface area contributed by atoms with Gasteiger partial charge in [0.1, 0.15) is 0 Å². The van der Waals surface area contributed by atoms with Gasteiger partial charge >= 0.3 is 0 Å². The number of nitrogens with one attached hydrogen (secondary N) is 2. The molecule has 1 saturated carbocycles. The zero-order chi connectivity index (χ0) is 14.7. The molecule has 3 rings (SSSR count). The Balaban J connectivity index is 1.50. The first-order chi connectivity index (χ1) is 10.2. The highest BCUT2D eigenvalue weighted by atomic mass is 16.1. The average molecular weight is 288 g/mol. The van der Waals surface area contributed by atoms with Gasteiger partial charge in [-0.3, -0.25) is 4.79 Å². The predicted molar refractivity (Wildman–Crippen MR) is 84.5 cm³/mol. The van der Waals surface area contributed by atoms with E-state index in [0.717, 1.165) is 25.9 Å². The second-order valence-electron chi connectivity index (χ2n) is 6.46. The van der Waals surface area contributed by atoms with Gasteiger partial charge in [-0.2, -0.15) is 0 Å². The van der Waals surface area contributed by atoms with Gasteiger partial charge in [-0.05, 0) is 30.5 Å². The van der Waals surface area contributed by atoms with Crippen molar-refractivity contribution in [2.75, 3.05) is 38.1 Å². The molecular weight excluding hydrogens is 262 g/mol. The third-order valence-corrected chi connectivity index (χ3v) is 4.86. The number of rotatable bonds is 4. The van der Waals surface area contributed by atoms with E-state index in [1.807, 2.05) is 0 Å². The van der Waals surface area contributed by atoms with E-state index >= 15 is 0 Å². The summed E-state index contributed by atoms with van der Waals surface area (Å²) in [6.07, 6.45) is 3.34. The summed E-state index contributed by atoms with van der Waals surface area (Å²) in [6, 6.07) is 8.65. The number of hydrogen-bond acceptors (Lipinski definition) is 2. The smallest absolute Gasteiger partial charge is 0.223 e. The minimum Gasteiger partial charge on any atom is -0.360 e. The zero-order valence-corrected chi connectivity index (χ0v) is 12.9. The number of carbonyl (C=O) groups is 1. The van der Waals surface area contributed by atoms with Gasteiger partial charge in [0.15, 0.2) is 0 Å². The summed E-state index contributed by atoms with van der Waals surface area (Å²) in [4.78, 5) is 15.9. The zero-order valence-electron chi connectivity index (χ0n) is 12.9. The standard InChI is InChI=1S/C17H25N3O/c1-19-9-11-20(12-10-19)16-7-5-14(6-8-16)13-18-17(21)15-3-2-4-15/h5-8,15H,2-4,9-13H2,1H3,(H,18,21)/p+1. The second-order valence-corrected chi connectivity index (χ2v) is 6.46. The van der Waals surface area contributed by atoms with E-state index in [1.54, 1.807) is 4.90 Å². The van der Waals surface area contributed by atoms with E-state index in [2.05, 4.69) is 41.5 Å². The molecule has 1 saturated heterocycles. The minimum atomic E-state index is 0.229. The van der Waals surface area contributed by atoms with Crippen molar-refractivity contribution in [1.29, 1.82) is 0 Å². The molecule has 1 heterocycles. The second kappa shape index (κ2) is 6.48. The molecule has 0 radical (unpaired) electrons. The van der Waals surface area contributed by atoms with E-state index in [1.165, 1.54) is 30.8 Å². The molecule has 0 unspecified atom stereocenters. The van der Waals surface area contributed by atoms with Gasteiger partial charge in [-0.1, -0.05) is 18.6 Å². The summed E-state index contributed by atoms with van der Waals surface area (Å²) < 4.78 is 0. The van der Waals surface area contributed by atoms with Gasteiger partial charge in [-0.15, -0.1) is 0 Å². The molecule has 1 aliphatic heterocycles. The summed E-state index contributed by atoms with van der Waals surface area (Å²) in [5.74, 6) is 0.504. The van der Waals surface area contributed by atoms with Crippen LogP contribution in [0.2, 0.25) is 0 Å². The normalized spacial score (nSPS) is 20.1. The number of likely N-dealkylation sites (N-methyl/N-ethyl adjacent to an activating group) is 1. The topological polar surface area (TPSA) is 36.8 Å². The number of nitrogens with zero attached hydrogens (tertiary/aromatic N) is 1. The van der Waals surface area contributed by atoms with Gasteiger partial charge in [-0.25, -0.2) is 0 Å². The minimum absolute atomic E-state index is 0.229. The molecule has 1 aromatic carbocycles. The van der Waals surface area contributed by atoms with Crippen molar-refractivity contribution in [2.24, 2.45) is 5.92 Å². The third-order valence-electron chi connectivity index (χ3n) is 4.86. The van der Waals surface area contributed by atoms with Crippen molar-refractivity contribution in [3.63, 3.8) is 0 Å². The van der Waals surface area contributed by atoms with Gasteiger partial charge in [0, 0.05) is 18.2 Å². The Labute approximate surface area is 127 Å². The van der Waals surface area contributed by atoms with Crippen LogP contribution in [0.3, 0.4) is 0 Å². The predicted octanol–water partition coefficient (Wildman–Crippen LogP) is 0.438. The van der Waals surface area contributed by atoms with Crippen LogP contribution in [0.4, 0.5) is 5.69 Å². The maximum atomic E-state index is 11.8. The Morgan fingerprint density at radius 2 is 1.90 bits per heavy atom. The lowest BCUT2D eigenvalue weighted by Crippen LogP contribution is -3.12. The monoisotopic (exact) mass is 288 g/mol. The van der Waals surface area contributed by atoms with Crippen LogP contribution in [0.15, 0.2) is 24.3 Å². The van der Waals surface area contributed by atoms with E-state index < -0.39 is 0 Å². The number of hydrogen-bond donors (Lipinski definition) is 2. The molecule has 0 atom stereocenters. The third kappa shape index (κ3) is 3.56.